The Labute approximate surface area is 120 Å². The number of benzene rings is 2. The van der Waals surface area contributed by atoms with Crippen LogP contribution in [0.5, 0.6) is 5.75 Å². The first-order valence-corrected chi connectivity index (χ1v) is 7.31. The molecule has 3 rings (SSSR count). The average Bonchev–Trinajstić information content (AvgIpc) is 3.31. The molecule has 3 heteroatoms. The van der Waals surface area contributed by atoms with Crippen molar-refractivity contribution in [3.63, 3.8) is 0 Å². The number of nitrogens with two attached hydrogens (primary N) is 1. The lowest BCUT2D eigenvalue weighted by atomic mass is 10.0. The molecule has 0 spiro atoms. The molecule has 3 N–H and O–H groups in total. The zero-order valence-corrected chi connectivity index (χ0v) is 11.9. The highest BCUT2D eigenvalue weighted by Gasteiger charge is 2.22. The van der Waals surface area contributed by atoms with Crippen molar-refractivity contribution in [2.24, 2.45) is 11.7 Å². The Morgan fingerprint density at radius 2 is 1.95 bits per heavy atom. The van der Waals surface area contributed by atoms with Crippen LogP contribution in [0.15, 0.2) is 36.4 Å². The smallest absolute Gasteiger partial charge is 0.119 e. The van der Waals surface area contributed by atoms with Crippen molar-refractivity contribution in [1.82, 2.24) is 5.32 Å². The molecule has 20 heavy (non-hydrogen) atoms. The highest BCUT2D eigenvalue weighted by molar-refractivity contribution is 5.84. The van der Waals surface area contributed by atoms with Gasteiger partial charge in [-0.1, -0.05) is 18.2 Å². The highest BCUT2D eigenvalue weighted by Crippen LogP contribution is 2.29. The molecule has 0 bridgehead atoms. The van der Waals surface area contributed by atoms with Crippen LogP contribution in [-0.4, -0.2) is 20.2 Å². The van der Waals surface area contributed by atoms with Gasteiger partial charge in [0, 0.05) is 12.6 Å². The van der Waals surface area contributed by atoms with Gasteiger partial charge >= 0.3 is 0 Å². The maximum Gasteiger partial charge on any atom is 0.119 e. The molecule has 2 aromatic rings. The summed E-state index contributed by atoms with van der Waals surface area (Å²) in [5.41, 5.74) is 7.19. The van der Waals surface area contributed by atoms with Crippen LogP contribution in [-0.2, 0) is 0 Å². The predicted octanol–water partition coefficient (Wildman–Crippen LogP) is 2.85. The van der Waals surface area contributed by atoms with E-state index in [4.69, 9.17) is 10.5 Å². The summed E-state index contributed by atoms with van der Waals surface area (Å²) in [4.78, 5) is 0. The summed E-state index contributed by atoms with van der Waals surface area (Å²) in [5.74, 6) is 1.77. The largest absolute Gasteiger partial charge is 0.497 e. The molecule has 2 aromatic carbocycles. The Balaban J connectivity index is 1.82. The lowest BCUT2D eigenvalue weighted by molar-refractivity contribution is 0.415. The van der Waals surface area contributed by atoms with Gasteiger partial charge in [-0.15, -0.1) is 0 Å². The number of hydrogen-bond donors (Lipinski definition) is 2. The number of hydrogen-bond acceptors (Lipinski definition) is 3. The Bertz CT molecular complexity index is 593. The molecule has 0 amide bonds. The fourth-order valence-corrected chi connectivity index (χ4v) is 2.55. The van der Waals surface area contributed by atoms with Crippen molar-refractivity contribution in [3.05, 3.63) is 42.0 Å². The number of nitrogens with one attached hydrogen (secondary N) is 1. The van der Waals surface area contributed by atoms with Gasteiger partial charge in [0.1, 0.15) is 5.75 Å². The van der Waals surface area contributed by atoms with Gasteiger partial charge in [0.15, 0.2) is 0 Å². The second-order valence-corrected chi connectivity index (χ2v) is 5.61. The number of rotatable bonds is 6. The number of methoxy groups -OCH3 is 1. The molecule has 0 aromatic heterocycles. The van der Waals surface area contributed by atoms with Gasteiger partial charge in [0.2, 0.25) is 0 Å². The van der Waals surface area contributed by atoms with Crippen molar-refractivity contribution in [3.8, 4) is 5.75 Å². The summed E-state index contributed by atoms with van der Waals surface area (Å²) in [6.07, 6.45) is 2.73. The molecule has 1 saturated carbocycles. The van der Waals surface area contributed by atoms with Crippen LogP contribution >= 0.6 is 0 Å². The molecule has 1 fully saturated rings. The average molecular weight is 270 g/mol. The fourth-order valence-electron chi connectivity index (χ4n) is 2.55. The van der Waals surface area contributed by atoms with Crippen LogP contribution in [0.25, 0.3) is 10.8 Å². The molecule has 3 nitrogen and oxygen atoms in total. The standard InChI is InChI=1S/C17H22N2O/c1-20-16-7-6-13-8-15(5-4-14(13)9-16)17(10-18)19-11-12-2-3-12/h4-9,12,17,19H,2-3,10-11,18H2,1H3. The van der Waals surface area contributed by atoms with Crippen molar-refractivity contribution < 1.29 is 4.74 Å². The van der Waals surface area contributed by atoms with Gasteiger partial charge in [0.05, 0.1) is 7.11 Å². The summed E-state index contributed by atoms with van der Waals surface area (Å²) >= 11 is 0. The maximum atomic E-state index is 5.92. The van der Waals surface area contributed by atoms with Crippen molar-refractivity contribution >= 4 is 10.8 Å². The molecule has 0 saturated heterocycles. The van der Waals surface area contributed by atoms with E-state index in [2.05, 4.69) is 35.6 Å². The third-order valence-electron chi connectivity index (χ3n) is 4.06. The van der Waals surface area contributed by atoms with Crippen LogP contribution in [0.1, 0.15) is 24.4 Å². The minimum atomic E-state index is 0.252. The molecule has 1 unspecified atom stereocenters. The first kappa shape index (κ1) is 13.4. The SMILES string of the molecule is COc1ccc2cc(C(CN)NCC3CC3)ccc2c1. The lowest BCUT2D eigenvalue weighted by Gasteiger charge is -2.18. The lowest BCUT2D eigenvalue weighted by Crippen LogP contribution is -2.29. The van der Waals surface area contributed by atoms with Gasteiger partial charge < -0.3 is 15.8 Å². The van der Waals surface area contributed by atoms with Crippen LogP contribution in [0.2, 0.25) is 0 Å². The van der Waals surface area contributed by atoms with Crippen molar-refractivity contribution in [2.45, 2.75) is 18.9 Å². The Morgan fingerprint density at radius 3 is 2.65 bits per heavy atom. The van der Waals surface area contributed by atoms with E-state index in [0.717, 1.165) is 18.2 Å². The van der Waals surface area contributed by atoms with E-state index in [1.54, 1.807) is 7.11 Å². The molecule has 0 aliphatic heterocycles. The van der Waals surface area contributed by atoms with E-state index in [1.165, 1.54) is 29.2 Å². The highest BCUT2D eigenvalue weighted by atomic mass is 16.5. The van der Waals surface area contributed by atoms with E-state index in [1.807, 2.05) is 6.07 Å². The Morgan fingerprint density at radius 1 is 1.20 bits per heavy atom. The van der Waals surface area contributed by atoms with Crippen LogP contribution in [0.4, 0.5) is 0 Å². The van der Waals surface area contributed by atoms with E-state index < -0.39 is 0 Å². The van der Waals surface area contributed by atoms with Gasteiger partial charge in [-0.25, -0.2) is 0 Å². The predicted molar refractivity (Wildman–Crippen MR) is 83.0 cm³/mol. The van der Waals surface area contributed by atoms with E-state index >= 15 is 0 Å². The van der Waals surface area contributed by atoms with E-state index in [-0.39, 0.29) is 6.04 Å². The summed E-state index contributed by atoms with van der Waals surface area (Å²) in [6, 6.07) is 13.0. The Hall–Kier alpha value is -1.58. The van der Waals surface area contributed by atoms with Gasteiger partial charge in [-0.2, -0.15) is 0 Å². The summed E-state index contributed by atoms with van der Waals surface area (Å²) < 4.78 is 5.26. The first-order valence-electron chi connectivity index (χ1n) is 7.31. The van der Waals surface area contributed by atoms with Crippen molar-refractivity contribution in [2.75, 3.05) is 20.2 Å². The normalized spacial score (nSPS) is 16.3. The first-order chi connectivity index (χ1) is 9.80. The zero-order chi connectivity index (χ0) is 13.9. The molecule has 1 atom stereocenters. The molecule has 0 radical (unpaired) electrons. The third kappa shape index (κ3) is 2.94. The van der Waals surface area contributed by atoms with E-state index in [0.29, 0.717) is 6.54 Å². The molecule has 1 aliphatic rings. The van der Waals surface area contributed by atoms with Gasteiger partial charge in [-0.05, 0) is 59.8 Å². The summed E-state index contributed by atoms with van der Waals surface area (Å²) in [7, 11) is 1.70. The molecule has 0 heterocycles. The maximum absolute atomic E-state index is 5.92. The molecule has 106 valence electrons. The zero-order valence-electron chi connectivity index (χ0n) is 11.9. The molecular weight excluding hydrogens is 248 g/mol. The number of fused-ring (bicyclic) bond motifs is 1. The number of ether oxygens (including phenoxy) is 1. The summed E-state index contributed by atoms with van der Waals surface area (Å²) in [5, 5.41) is 6.02. The topological polar surface area (TPSA) is 47.3 Å². The molecule has 1 aliphatic carbocycles. The second kappa shape index (κ2) is 5.81. The fraction of sp³-hybridized carbons (Fsp3) is 0.412. The van der Waals surface area contributed by atoms with Gasteiger partial charge in [0.25, 0.3) is 0 Å². The monoisotopic (exact) mass is 270 g/mol. The minimum Gasteiger partial charge on any atom is -0.497 e. The Kier molecular flexibility index (Phi) is 3.90. The van der Waals surface area contributed by atoms with Crippen LogP contribution < -0.4 is 15.8 Å². The van der Waals surface area contributed by atoms with Crippen LogP contribution in [0, 0.1) is 5.92 Å². The van der Waals surface area contributed by atoms with E-state index in [9.17, 15) is 0 Å². The van der Waals surface area contributed by atoms with Gasteiger partial charge in [-0.3, -0.25) is 0 Å². The summed E-state index contributed by atoms with van der Waals surface area (Å²) in [6.45, 7) is 1.72. The quantitative estimate of drug-likeness (QED) is 0.848. The second-order valence-electron chi connectivity index (χ2n) is 5.61. The van der Waals surface area contributed by atoms with Crippen LogP contribution in [0.3, 0.4) is 0 Å². The minimum absolute atomic E-state index is 0.252. The third-order valence-corrected chi connectivity index (χ3v) is 4.06. The molecular formula is C17H22N2O. The van der Waals surface area contributed by atoms with Crippen molar-refractivity contribution in [1.29, 1.82) is 0 Å².